The first-order valence-corrected chi connectivity index (χ1v) is 7.88. The van der Waals surface area contributed by atoms with Crippen molar-refractivity contribution in [2.75, 3.05) is 6.54 Å². The van der Waals surface area contributed by atoms with E-state index in [1.807, 2.05) is 35.2 Å². The van der Waals surface area contributed by atoms with Crippen LogP contribution in [0.5, 0.6) is 0 Å². The molecule has 1 aliphatic heterocycles. The molecule has 0 bridgehead atoms. The van der Waals surface area contributed by atoms with E-state index in [1.54, 1.807) is 23.1 Å². The number of nitrogens with zero attached hydrogens (tertiary/aromatic N) is 2. The number of hydrogen-bond donors (Lipinski definition) is 0. The Labute approximate surface area is 126 Å². The monoisotopic (exact) mass is 298 g/mol. The summed E-state index contributed by atoms with van der Waals surface area (Å²) in [6, 6.07) is 9.60. The van der Waals surface area contributed by atoms with E-state index in [0.717, 1.165) is 40.9 Å². The lowest BCUT2D eigenvalue weighted by Gasteiger charge is -2.23. The lowest BCUT2D eigenvalue weighted by molar-refractivity contribution is 0.0720. The summed E-state index contributed by atoms with van der Waals surface area (Å²) in [5.41, 5.74) is 3.48. The normalized spacial score (nSPS) is 18.5. The van der Waals surface area contributed by atoms with Crippen LogP contribution in [-0.4, -0.2) is 22.3 Å². The average Bonchev–Trinajstić information content (AvgIpc) is 3.24. The van der Waals surface area contributed by atoms with Gasteiger partial charge in [0.2, 0.25) is 0 Å². The molecule has 1 aliphatic rings. The molecular weight excluding hydrogens is 284 g/mol. The van der Waals surface area contributed by atoms with Crippen molar-refractivity contribution in [2.45, 2.75) is 18.9 Å². The van der Waals surface area contributed by atoms with Crippen LogP contribution in [0.4, 0.5) is 0 Å². The third-order valence-electron chi connectivity index (χ3n) is 3.96. The molecule has 0 spiro atoms. The molecule has 3 heterocycles. The fourth-order valence-corrected chi connectivity index (χ4v) is 3.66. The van der Waals surface area contributed by atoms with Gasteiger partial charge in [-0.05, 0) is 43.2 Å². The molecule has 0 N–H and O–H groups in total. The number of fused-ring (bicyclic) bond motifs is 1. The van der Waals surface area contributed by atoms with Crippen molar-refractivity contribution in [3.63, 3.8) is 0 Å². The lowest BCUT2D eigenvalue weighted by atomic mass is 10.1. The van der Waals surface area contributed by atoms with Gasteiger partial charge >= 0.3 is 0 Å². The first-order valence-electron chi connectivity index (χ1n) is 7.00. The van der Waals surface area contributed by atoms with Crippen LogP contribution < -0.4 is 0 Å². The molecule has 1 amide bonds. The molecule has 0 radical (unpaired) electrons. The number of carbonyl (C=O) groups is 1. The summed E-state index contributed by atoms with van der Waals surface area (Å²) < 4.78 is 6.54. The summed E-state index contributed by atoms with van der Waals surface area (Å²) in [4.78, 5) is 19.0. The first kappa shape index (κ1) is 12.6. The molecular formula is C16H14N2O2S. The number of thiazole rings is 1. The predicted molar refractivity (Wildman–Crippen MR) is 81.3 cm³/mol. The van der Waals surface area contributed by atoms with E-state index >= 15 is 0 Å². The Morgan fingerprint density at radius 3 is 3.19 bits per heavy atom. The topological polar surface area (TPSA) is 46.3 Å². The quantitative estimate of drug-likeness (QED) is 0.721. The van der Waals surface area contributed by atoms with E-state index in [0.29, 0.717) is 0 Å². The third-order valence-corrected chi connectivity index (χ3v) is 4.76. The van der Waals surface area contributed by atoms with Crippen molar-refractivity contribution < 1.29 is 9.21 Å². The van der Waals surface area contributed by atoms with Crippen molar-refractivity contribution in [1.82, 2.24) is 9.88 Å². The average molecular weight is 298 g/mol. The molecule has 1 aromatic carbocycles. The Hall–Kier alpha value is -2.14. The maximum Gasteiger partial charge on any atom is 0.254 e. The third kappa shape index (κ3) is 2.14. The maximum atomic E-state index is 12.8. The van der Waals surface area contributed by atoms with Crippen molar-refractivity contribution in [3.8, 4) is 0 Å². The first-order chi connectivity index (χ1) is 10.3. The summed E-state index contributed by atoms with van der Waals surface area (Å²) in [5.74, 6) is 0.948. The zero-order chi connectivity index (χ0) is 14.2. The number of hydrogen-bond acceptors (Lipinski definition) is 4. The summed E-state index contributed by atoms with van der Waals surface area (Å²) in [7, 11) is 0. The molecule has 106 valence electrons. The molecule has 1 fully saturated rings. The van der Waals surface area contributed by atoms with Crippen LogP contribution in [0.25, 0.3) is 10.2 Å². The second-order valence-electron chi connectivity index (χ2n) is 5.21. The van der Waals surface area contributed by atoms with Gasteiger partial charge in [-0.25, -0.2) is 4.98 Å². The standard InChI is InChI=1S/C16H14N2O2S/c19-16(11-5-6-12-15(9-11)21-10-17-12)18-7-1-3-13(18)14-4-2-8-20-14/h2,4-6,8-10,13H,1,3,7H2. The van der Waals surface area contributed by atoms with Crippen LogP contribution >= 0.6 is 11.3 Å². The fourth-order valence-electron chi connectivity index (χ4n) is 2.94. The van der Waals surface area contributed by atoms with Crippen LogP contribution in [0.15, 0.2) is 46.5 Å². The van der Waals surface area contributed by atoms with E-state index in [9.17, 15) is 4.79 Å². The van der Waals surface area contributed by atoms with E-state index in [4.69, 9.17) is 4.42 Å². The summed E-state index contributed by atoms with van der Waals surface area (Å²) in [6.07, 6.45) is 3.64. The second kappa shape index (κ2) is 5.00. The SMILES string of the molecule is O=C(c1ccc2ncsc2c1)N1CCCC1c1ccco1. The number of aromatic nitrogens is 1. The Balaban J connectivity index is 1.66. The molecule has 2 aromatic heterocycles. The van der Waals surface area contributed by atoms with Crippen molar-refractivity contribution in [2.24, 2.45) is 0 Å². The Kier molecular flexibility index (Phi) is 3.00. The van der Waals surface area contributed by atoms with Crippen molar-refractivity contribution in [3.05, 3.63) is 53.4 Å². The smallest absolute Gasteiger partial charge is 0.254 e. The number of rotatable bonds is 2. The molecule has 1 saturated heterocycles. The Morgan fingerprint density at radius 2 is 2.33 bits per heavy atom. The highest BCUT2D eigenvalue weighted by Crippen LogP contribution is 2.33. The van der Waals surface area contributed by atoms with E-state index in [2.05, 4.69) is 4.98 Å². The van der Waals surface area contributed by atoms with E-state index in [-0.39, 0.29) is 11.9 Å². The molecule has 1 atom stereocenters. The molecule has 4 nitrogen and oxygen atoms in total. The van der Waals surface area contributed by atoms with E-state index < -0.39 is 0 Å². The van der Waals surface area contributed by atoms with Crippen LogP contribution in [0.1, 0.15) is 35.0 Å². The molecule has 3 aromatic rings. The fraction of sp³-hybridized carbons (Fsp3) is 0.250. The number of benzene rings is 1. The van der Waals surface area contributed by atoms with Gasteiger partial charge in [-0.2, -0.15) is 0 Å². The Bertz CT molecular complexity index is 779. The number of carbonyl (C=O) groups excluding carboxylic acids is 1. The van der Waals surface area contributed by atoms with Crippen LogP contribution in [0, 0.1) is 0 Å². The highest BCUT2D eigenvalue weighted by atomic mass is 32.1. The van der Waals surface area contributed by atoms with Crippen molar-refractivity contribution >= 4 is 27.5 Å². The minimum absolute atomic E-state index is 0.0599. The van der Waals surface area contributed by atoms with Gasteiger partial charge in [-0.3, -0.25) is 4.79 Å². The number of likely N-dealkylation sites (tertiary alicyclic amines) is 1. The van der Waals surface area contributed by atoms with Gasteiger partial charge in [0.15, 0.2) is 0 Å². The van der Waals surface area contributed by atoms with Crippen LogP contribution in [0.3, 0.4) is 0 Å². The van der Waals surface area contributed by atoms with Crippen molar-refractivity contribution in [1.29, 1.82) is 0 Å². The van der Waals surface area contributed by atoms with Gasteiger partial charge < -0.3 is 9.32 Å². The van der Waals surface area contributed by atoms with Gasteiger partial charge in [-0.15, -0.1) is 11.3 Å². The molecule has 4 rings (SSSR count). The van der Waals surface area contributed by atoms with E-state index in [1.165, 1.54) is 0 Å². The number of amides is 1. The maximum absolute atomic E-state index is 12.8. The second-order valence-corrected chi connectivity index (χ2v) is 6.09. The minimum atomic E-state index is 0.0599. The van der Waals surface area contributed by atoms with Crippen LogP contribution in [-0.2, 0) is 0 Å². The number of furan rings is 1. The minimum Gasteiger partial charge on any atom is -0.467 e. The highest BCUT2D eigenvalue weighted by molar-refractivity contribution is 7.16. The van der Waals surface area contributed by atoms with Gasteiger partial charge in [0.05, 0.1) is 28.0 Å². The summed E-state index contributed by atoms with van der Waals surface area (Å²) in [5, 5.41) is 0. The largest absolute Gasteiger partial charge is 0.467 e. The lowest BCUT2D eigenvalue weighted by Crippen LogP contribution is -2.30. The molecule has 1 unspecified atom stereocenters. The summed E-state index contributed by atoms with van der Waals surface area (Å²) >= 11 is 1.56. The van der Waals surface area contributed by atoms with Gasteiger partial charge in [-0.1, -0.05) is 0 Å². The molecule has 0 saturated carbocycles. The zero-order valence-electron chi connectivity index (χ0n) is 11.4. The van der Waals surface area contributed by atoms with Gasteiger partial charge in [0.25, 0.3) is 5.91 Å². The molecule has 21 heavy (non-hydrogen) atoms. The van der Waals surface area contributed by atoms with Crippen LogP contribution in [0.2, 0.25) is 0 Å². The van der Waals surface area contributed by atoms with Gasteiger partial charge in [0, 0.05) is 12.1 Å². The predicted octanol–water partition coefficient (Wildman–Crippen LogP) is 3.87. The van der Waals surface area contributed by atoms with Gasteiger partial charge in [0.1, 0.15) is 5.76 Å². The zero-order valence-corrected chi connectivity index (χ0v) is 12.2. The summed E-state index contributed by atoms with van der Waals surface area (Å²) in [6.45, 7) is 0.783. The Morgan fingerprint density at radius 1 is 1.38 bits per heavy atom. The molecule has 5 heteroatoms. The highest BCUT2D eigenvalue weighted by Gasteiger charge is 2.32. The molecule has 0 aliphatic carbocycles.